The van der Waals surface area contributed by atoms with Crippen LogP contribution in [0.3, 0.4) is 0 Å². The molecule has 2 rings (SSSR count). The van der Waals surface area contributed by atoms with Gasteiger partial charge in [-0.25, -0.2) is 0 Å². The SMILES string of the molecule is Nc1[nH]ncc1C(=O)NCCCC1CCCC1. The Morgan fingerprint density at radius 3 is 2.94 bits per heavy atom. The lowest BCUT2D eigenvalue weighted by molar-refractivity contribution is 0.0953. The summed E-state index contributed by atoms with van der Waals surface area (Å²) in [5, 5.41) is 9.15. The van der Waals surface area contributed by atoms with E-state index in [4.69, 9.17) is 5.73 Å². The van der Waals surface area contributed by atoms with Crippen molar-refractivity contribution in [2.24, 2.45) is 5.92 Å². The van der Waals surface area contributed by atoms with Gasteiger partial charge in [-0.05, 0) is 18.8 Å². The molecule has 17 heavy (non-hydrogen) atoms. The molecule has 1 saturated carbocycles. The van der Waals surface area contributed by atoms with E-state index in [0.717, 1.165) is 18.9 Å². The number of nitrogens with two attached hydrogens (primary N) is 1. The molecule has 1 amide bonds. The van der Waals surface area contributed by atoms with Crippen LogP contribution in [0.25, 0.3) is 0 Å². The number of carbonyl (C=O) groups is 1. The number of hydrogen-bond donors (Lipinski definition) is 3. The van der Waals surface area contributed by atoms with Gasteiger partial charge >= 0.3 is 0 Å². The smallest absolute Gasteiger partial charge is 0.256 e. The fraction of sp³-hybridized carbons (Fsp3) is 0.667. The van der Waals surface area contributed by atoms with Crippen molar-refractivity contribution in [2.45, 2.75) is 38.5 Å². The second-order valence-electron chi connectivity index (χ2n) is 4.75. The highest BCUT2D eigenvalue weighted by Gasteiger charge is 2.15. The Balaban J connectivity index is 1.65. The van der Waals surface area contributed by atoms with Crippen molar-refractivity contribution in [3.63, 3.8) is 0 Å². The van der Waals surface area contributed by atoms with Gasteiger partial charge in [-0.2, -0.15) is 5.10 Å². The van der Waals surface area contributed by atoms with E-state index in [0.29, 0.717) is 11.4 Å². The van der Waals surface area contributed by atoms with Gasteiger partial charge in [0.25, 0.3) is 5.91 Å². The molecular weight excluding hydrogens is 216 g/mol. The van der Waals surface area contributed by atoms with Gasteiger partial charge < -0.3 is 11.1 Å². The molecule has 4 N–H and O–H groups in total. The van der Waals surface area contributed by atoms with Crippen LogP contribution >= 0.6 is 0 Å². The zero-order chi connectivity index (χ0) is 12.1. The fourth-order valence-electron chi connectivity index (χ4n) is 2.46. The summed E-state index contributed by atoms with van der Waals surface area (Å²) in [5.74, 6) is 1.08. The third-order valence-corrected chi connectivity index (χ3v) is 3.46. The molecule has 0 aromatic carbocycles. The Labute approximate surface area is 101 Å². The lowest BCUT2D eigenvalue weighted by atomic mass is 10.0. The maximum absolute atomic E-state index is 11.7. The second-order valence-corrected chi connectivity index (χ2v) is 4.75. The molecule has 0 spiro atoms. The minimum atomic E-state index is -0.136. The van der Waals surface area contributed by atoms with E-state index in [1.807, 2.05) is 0 Å². The first-order valence-electron chi connectivity index (χ1n) is 6.34. The number of rotatable bonds is 5. The second kappa shape index (κ2) is 5.70. The molecule has 0 atom stereocenters. The lowest BCUT2D eigenvalue weighted by Gasteiger charge is -2.08. The normalized spacial score (nSPS) is 16.2. The summed E-state index contributed by atoms with van der Waals surface area (Å²) in [6.07, 6.45) is 9.22. The average molecular weight is 236 g/mol. The van der Waals surface area contributed by atoms with Crippen molar-refractivity contribution >= 4 is 11.7 Å². The van der Waals surface area contributed by atoms with Crippen LogP contribution in [0, 0.1) is 5.92 Å². The maximum atomic E-state index is 11.7. The van der Waals surface area contributed by atoms with Crippen molar-refractivity contribution in [3.8, 4) is 0 Å². The summed E-state index contributed by atoms with van der Waals surface area (Å²) in [7, 11) is 0. The van der Waals surface area contributed by atoms with Crippen LogP contribution in [0.5, 0.6) is 0 Å². The van der Waals surface area contributed by atoms with E-state index >= 15 is 0 Å². The van der Waals surface area contributed by atoms with Crippen LogP contribution in [-0.4, -0.2) is 22.6 Å². The van der Waals surface area contributed by atoms with Crippen LogP contribution in [0.1, 0.15) is 48.9 Å². The number of carbonyl (C=O) groups excluding carboxylic acids is 1. The standard InChI is InChI=1S/C12H20N4O/c13-11-10(8-15-16-11)12(17)14-7-3-6-9-4-1-2-5-9/h8-9H,1-7H2,(H,14,17)(H3,13,15,16). The highest BCUT2D eigenvalue weighted by molar-refractivity contribution is 5.97. The number of aromatic nitrogens is 2. The number of H-pyrrole nitrogens is 1. The summed E-state index contributed by atoms with van der Waals surface area (Å²) < 4.78 is 0. The van der Waals surface area contributed by atoms with E-state index in [1.165, 1.54) is 38.3 Å². The first kappa shape index (κ1) is 12.0. The molecule has 1 aromatic rings. The number of anilines is 1. The molecule has 0 bridgehead atoms. The topological polar surface area (TPSA) is 83.8 Å². The third-order valence-electron chi connectivity index (χ3n) is 3.46. The summed E-state index contributed by atoms with van der Waals surface area (Å²) >= 11 is 0. The van der Waals surface area contributed by atoms with Crippen molar-refractivity contribution in [1.29, 1.82) is 0 Å². The van der Waals surface area contributed by atoms with Crippen LogP contribution in [0.2, 0.25) is 0 Å². The molecule has 0 aliphatic heterocycles. The van der Waals surface area contributed by atoms with E-state index in [-0.39, 0.29) is 5.91 Å². The monoisotopic (exact) mass is 236 g/mol. The van der Waals surface area contributed by atoms with E-state index < -0.39 is 0 Å². The predicted octanol–water partition coefficient (Wildman–Crippen LogP) is 1.69. The zero-order valence-corrected chi connectivity index (χ0v) is 10.0. The fourth-order valence-corrected chi connectivity index (χ4v) is 2.46. The van der Waals surface area contributed by atoms with Crippen LogP contribution in [0.4, 0.5) is 5.82 Å². The molecule has 1 aliphatic rings. The number of hydrogen-bond acceptors (Lipinski definition) is 3. The number of nitrogen functional groups attached to an aromatic ring is 1. The number of aromatic amines is 1. The van der Waals surface area contributed by atoms with Gasteiger partial charge in [0.2, 0.25) is 0 Å². The third kappa shape index (κ3) is 3.22. The van der Waals surface area contributed by atoms with Crippen molar-refractivity contribution in [1.82, 2.24) is 15.5 Å². The molecule has 5 nitrogen and oxygen atoms in total. The van der Waals surface area contributed by atoms with Gasteiger partial charge in [-0.15, -0.1) is 0 Å². The Kier molecular flexibility index (Phi) is 4.01. The number of nitrogens with zero attached hydrogens (tertiary/aromatic N) is 1. The first-order chi connectivity index (χ1) is 8.27. The lowest BCUT2D eigenvalue weighted by Crippen LogP contribution is -2.25. The van der Waals surface area contributed by atoms with Crippen LogP contribution in [0.15, 0.2) is 6.20 Å². The van der Waals surface area contributed by atoms with Crippen LogP contribution < -0.4 is 11.1 Å². The van der Waals surface area contributed by atoms with E-state index in [9.17, 15) is 4.79 Å². The predicted molar refractivity (Wildman–Crippen MR) is 66.5 cm³/mol. The minimum absolute atomic E-state index is 0.136. The number of nitrogens with one attached hydrogen (secondary N) is 2. The molecule has 0 unspecified atom stereocenters. The number of amides is 1. The molecule has 0 saturated heterocycles. The molecule has 0 radical (unpaired) electrons. The Bertz CT molecular complexity index is 368. The highest BCUT2D eigenvalue weighted by atomic mass is 16.1. The van der Waals surface area contributed by atoms with E-state index in [1.54, 1.807) is 0 Å². The van der Waals surface area contributed by atoms with E-state index in [2.05, 4.69) is 15.5 Å². The van der Waals surface area contributed by atoms with Crippen molar-refractivity contribution in [3.05, 3.63) is 11.8 Å². The van der Waals surface area contributed by atoms with Crippen molar-refractivity contribution in [2.75, 3.05) is 12.3 Å². The average Bonchev–Trinajstić information content (AvgIpc) is 2.95. The molecule has 5 heteroatoms. The molecular formula is C12H20N4O. The summed E-state index contributed by atoms with van der Waals surface area (Å²) in [6.45, 7) is 0.722. The van der Waals surface area contributed by atoms with Gasteiger partial charge in [0.05, 0.1) is 6.20 Å². The van der Waals surface area contributed by atoms with Gasteiger partial charge in [0.15, 0.2) is 0 Å². The maximum Gasteiger partial charge on any atom is 0.256 e. The molecule has 1 aliphatic carbocycles. The van der Waals surface area contributed by atoms with Crippen molar-refractivity contribution < 1.29 is 4.79 Å². The highest BCUT2D eigenvalue weighted by Crippen LogP contribution is 2.28. The zero-order valence-electron chi connectivity index (χ0n) is 10.0. The van der Waals surface area contributed by atoms with Crippen LogP contribution in [-0.2, 0) is 0 Å². The molecule has 1 fully saturated rings. The quantitative estimate of drug-likeness (QED) is 0.680. The van der Waals surface area contributed by atoms with Gasteiger partial charge in [-0.1, -0.05) is 25.7 Å². The largest absolute Gasteiger partial charge is 0.383 e. The molecule has 1 aromatic heterocycles. The Hall–Kier alpha value is -1.52. The first-order valence-corrected chi connectivity index (χ1v) is 6.34. The summed E-state index contributed by atoms with van der Waals surface area (Å²) in [5.41, 5.74) is 6.00. The Morgan fingerprint density at radius 2 is 2.29 bits per heavy atom. The minimum Gasteiger partial charge on any atom is -0.383 e. The van der Waals surface area contributed by atoms with Gasteiger partial charge in [0, 0.05) is 6.54 Å². The molecule has 94 valence electrons. The summed E-state index contributed by atoms with van der Waals surface area (Å²) in [6, 6.07) is 0. The van der Waals surface area contributed by atoms with Gasteiger partial charge in [-0.3, -0.25) is 9.89 Å². The van der Waals surface area contributed by atoms with Gasteiger partial charge in [0.1, 0.15) is 11.4 Å². The Morgan fingerprint density at radius 1 is 1.53 bits per heavy atom. The molecule has 1 heterocycles. The summed E-state index contributed by atoms with van der Waals surface area (Å²) in [4.78, 5) is 11.7.